The average molecular weight is 381 g/mol. The lowest BCUT2D eigenvalue weighted by molar-refractivity contribution is 0.102. The highest BCUT2D eigenvalue weighted by molar-refractivity contribution is 6.06. The Morgan fingerprint density at radius 1 is 1.14 bits per heavy atom. The Hall–Kier alpha value is -3.35. The monoisotopic (exact) mass is 381 g/mol. The molecule has 7 heteroatoms. The number of amides is 1. The van der Waals surface area contributed by atoms with Crippen LogP contribution in [0.4, 0.5) is 10.1 Å². The van der Waals surface area contributed by atoms with Crippen LogP contribution in [0.5, 0.6) is 11.5 Å². The molecule has 0 spiro atoms. The first-order valence-electron chi connectivity index (χ1n) is 8.98. The van der Waals surface area contributed by atoms with Gasteiger partial charge in [0.15, 0.2) is 0 Å². The van der Waals surface area contributed by atoms with E-state index in [1.54, 1.807) is 20.3 Å². The standard InChI is InChI=1S/C21H20FN3O3/c1-27-15-9-10-16(17(11-15)28-2)19-20(18(24-25-19)12-3-4-12)23-21(26)13-5-7-14(22)8-6-13/h5-12H,3-4H2,1-2H3,(H,23,26)(H,24,25). The smallest absolute Gasteiger partial charge is 0.255 e. The number of carbonyl (C=O) groups excluding carboxylic acids is 1. The number of rotatable bonds is 6. The number of nitrogens with one attached hydrogen (secondary N) is 2. The Morgan fingerprint density at radius 3 is 2.54 bits per heavy atom. The first-order valence-corrected chi connectivity index (χ1v) is 8.98. The van der Waals surface area contributed by atoms with Gasteiger partial charge in [-0.2, -0.15) is 5.10 Å². The summed E-state index contributed by atoms with van der Waals surface area (Å²) in [5, 5.41) is 10.5. The summed E-state index contributed by atoms with van der Waals surface area (Å²) in [7, 11) is 3.16. The number of hydrogen-bond donors (Lipinski definition) is 2. The van der Waals surface area contributed by atoms with Crippen LogP contribution in [0.3, 0.4) is 0 Å². The van der Waals surface area contributed by atoms with Crippen LogP contribution in [-0.4, -0.2) is 30.3 Å². The van der Waals surface area contributed by atoms with Gasteiger partial charge >= 0.3 is 0 Å². The zero-order chi connectivity index (χ0) is 19.7. The second-order valence-corrected chi connectivity index (χ2v) is 6.66. The highest BCUT2D eigenvalue weighted by Crippen LogP contribution is 2.46. The Balaban J connectivity index is 1.74. The molecule has 0 atom stereocenters. The first kappa shape index (κ1) is 18.0. The van der Waals surface area contributed by atoms with E-state index in [2.05, 4.69) is 15.5 Å². The molecular formula is C21H20FN3O3. The molecule has 6 nitrogen and oxygen atoms in total. The minimum absolute atomic E-state index is 0.322. The molecule has 2 N–H and O–H groups in total. The van der Waals surface area contributed by atoms with Gasteiger partial charge in [-0.25, -0.2) is 4.39 Å². The van der Waals surface area contributed by atoms with E-state index in [0.29, 0.717) is 34.4 Å². The van der Waals surface area contributed by atoms with Crippen LogP contribution in [0, 0.1) is 5.82 Å². The molecule has 0 aliphatic heterocycles. The van der Waals surface area contributed by atoms with Crippen LogP contribution in [0.1, 0.15) is 34.8 Å². The van der Waals surface area contributed by atoms with Crippen molar-refractivity contribution in [1.29, 1.82) is 0 Å². The molecule has 2 aromatic carbocycles. The van der Waals surface area contributed by atoms with E-state index in [-0.39, 0.29) is 11.7 Å². The quantitative estimate of drug-likeness (QED) is 0.665. The highest BCUT2D eigenvalue weighted by atomic mass is 19.1. The normalized spacial score (nSPS) is 13.2. The van der Waals surface area contributed by atoms with Crippen molar-refractivity contribution in [2.45, 2.75) is 18.8 Å². The fourth-order valence-corrected chi connectivity index (χ4v) is 3.13. The third-order valence-electron chi connectivity index (χ3n) is 4.79. The highest BCUT2D eigenvalue weighted by Gasteiger charge is 2.31. The Kier molecular flexibility index (Phi) is 4.73. The van der Waals surface area contributed by atoms with Crippen molar-refractivity contribution in [3.8, 4) is 22.8 Å². The summed E-state index contributed by atoms with van der Waals surface area (Å²) in [4.78, 5) is 12.7. The molecule has 1 heterocycles. The predicted molar refractivity (Wildman–Crippen MR) is 103 cm³/mol. The summed E-state index contributed by atoms with van der Waals surface area (Å²) in [6.07, 6.45) is 2.08. The maximum Gasteiger partial charge on any atom is 0.255 e. The van der Waals surface area contributed by atoms with E-state index < -0.39 is 0 Å². The second-order valence-electron chi connectivity index (χ2n) is 6.66. The van der Waals surface area contributed by atoms with E-state index >= 15 is 0 Å². The number of carbonyl (C=O) groups is 1. The lowest BCUT2D eigenvalue weighted by atomic mass is 10.1. The summed E-state index contributed by atoms with van der Waals surface area (Å²) < 4.78 is 23.9. The van der Waals surface area contributed by atoms with Gasteiger partial charge in [0.1, 0.15) is 23.0 Å². The zero-order valence-electron chi connectivity index (χ0n) is 15.6. The zero-order valence-corrected chi connectivity index (χ0v) is 15.6. The summed E-state index contributed by atoms with van der Waals surface area (Å²) in [6, 6.07) is 10.9. The van der Waals surface area contributed by atoms with Gasteiger partial charge in [0.2, 0.25) is 0 Å². The van der Waals surface area contributed by atoms with Crippen molar-refractivity contribution in [2.24, 2.45) is 0 Å². The fraction of sp³-hybridized carbons (Fsp3) is 0.238. The molecule has 0 bridgehead atoms. The first-order chi connectivity index (χ1) is 13.6. The summed E-state index contributed by atoms with van der Waals surface area (Å²) in [6.45, 7) is 0. The lowest BCUT2D eigenvalue weighted by Crippen LogP contribution is -2.13. The molecule has 1 aromatic heterocycles. The number of anilines is 1. The van der Waals surface area contributed by atoms with Gasteiger partial charge in [-0.15, -0.1) is 0 Å². The number of aromatic amines is 1. The van der Waals surface area contributed by atoms with E-state index in [4.69, 9.17) is 9.47 Å². The molecule has 1 aliphatic rings. The molecule has 0 saturated heterocycles. The third kappa shape index (κ3) is 3.43. The molecule has 0 radical (unpaired) electrons. The Morgan fingerprint density at radius 2 is 1.89 bits per heavy atom. The largest absolute Gasteiger partial charge is 0.497 e. The number of ether oxygens (including phenoxy) is 2. The van der Waals surface area contributed by atoms with E-state index in [0.717, 1.165) is 24.1 Å². The number of aromatic nitrogens is 2. The molecule has 0 unspecified atom stereocenters. The van der Waals surface area contributed by atoms with Gasteiger partial charge in [0, 0.05) is 23.1 Å². The van der Waals surface area contributed by atoms with Crippen LogP contribution >= 0.6 is 0 Å². The Labute approximate surface area is 161 Å². The van der Waals surface area contributed by atoms with Crippen LogP contribution in [0.2, 0.25) is 0 Å². The van der Waals surface area contributed by atoms with Crippen LogP contribution < -0.4 is 14.8 Å². The number of halogens is 1. The van der Waals surface area contributed by atoms with Gasteiger partial charge in [-0.05, 0) is 49.2 Å². The van der Waals surface area contributed by atoms with Crippen LogP contribution in [0.25, 0.3) is 11.3 Å². The second kappa shape index (κ2) is 7.34. The van der Waals surface area contributed by atoms with Gasteiger partial charge in [-0.3, -0.25) is 9.89 Å². The maximum atomic E-state index is 13.2. The molecule has 1 fully saturated rings. The SMILES string of the molecule is COc1ccc(-c2n[nH]c(C3CC3)c2NC(=O)c2ccc(F)cc2)c(OC)c1. The van der Waals surface area contributed by atoms with Crippen molar-refractivity contribution in [2.75, 3.05) is 19.5 Å². The Bertz CT molecular complexity index is 1010. The van der Waals surface area contributed by atoms with Crippen molar-refractivity contribution in [1.82, 2.24) is 10.2 Å². The molecule has 3 aromatic rings. The van der Waals surface area contributed by atoms with Gasteiger partial charge < -0.3 is 14.8 Å². The number of benzene rings is 2. The third-order valence-corrected chi connectivity index (χ3v) is 4.79. The van der Waals surface area contributed by atoms with E-state index in [1.165, 1.54) is 24.3 Å². The van der Waals surface area contributed by atoms with E-state index in [9.17, 15) is 9.18 Å². The molecular weight excluding hydrogens is 361 g/mol. The molecule has 1 saturated carbocycles. The van der Waals surface area contributed by atoms with Crippen molar-refractivity contribution >= 4 is 11.6 Å². The van der Waals surface area contributed by atoms with Crippen LogP contribution in [-0.2, 0) is 0 Å². The average Bonchev–Trinajstić information content (AvgIpc) is 3.48. The minimum Gasteiger partial charge on any atom is -0.497 e. The maximum absolute atomic E-state index is 13.2. The number of nitrogens with zero attached hydrogens (tertiary/aromatic N) is 1. The molecule has 4 rings (SSSR count). The van der Waals surface area contributed by atoms with Crippen molar-refractivity contribution in [3.63, 3.8) is 0 Å². The number of methoxy groups -OCH3 is 2. The van der Waals surface area contributed by atoms with E-state index in [1.807, 2.05) is 12.1 Å². The van der Waals surface area contributed by atoms with Gasteiger partial charge in [-0.1, -0.05) is 0 Å². The van der Waals surface area contributed by atoms with Gasteiger partial charge in [0.05, 0.1) is 25.6 Å². The number of hydrogen-bond acceptors (Lipinski definition) is 4. The van der Waals surface area contributed by atoms with Crippen molar-refractivity contribution in [3.05, 3.63) is 59.5 Å². The van der Waals surface area contributed by atoms with Gasteiger partial charge in [0.25, 0.3) is 5.91 Å². The molecule has 144 valence electrons. The molecule has 1 aliphatic carbocycles. The fourth-order valence-electron chi connectivity index (χ4n) is 3.13. The minimum atomic E-state index is -0.387. The predicted octanol–water partition coefficient (Wildman–Crippen LogP) is 4.36. The molecule has 28 heavy (non-hydrogen) atoms. The summed E-state index contributed by atoms with van der Waals surface area (Å²) >= 11 is 0. The summed E-state index contributed by atoms with van der Waals surface area (Å²) in [5.74, 6) is 0.883. The number of H-pyrrole nitrogens is 1. The molecule has 1 amide bonds. The summed E-state index contributed by atoms with van der Waals surface area (Å²) in [5.41, 5.74) is 3.22. The van der Waals surface area contributed by atoms with Crippen molar-refractivity contribution < 1.29 is 18.7 Å². The van der Waals surface area contributed by atoms with Crippen LogP contribution in [0.15, 0.2) is 42.5 Å². The topological polar surface area (TPSA) is 76.2 Å². The lowest BCUT2D eigenvalue weighted by Gasteiger charge is -2.12.